The van der Waals surface area contributed by atoms with Gasteiger partial charge in [-0.2, -0.15) is 0 Å². The molecule has 2 aromatic carbocycles. The number of aromatic nitrogens is 1. The topological polar surface area (TPSA) is 43.3 Å². The molecule has 0 atom stereocenters. The average molecular weight is 352 g/mol. The van der Waals surface area contributed by atoms with Crippen LogP contribution in [0.5, 0.6) is 5.75 Å². The Balaban J connectivity index is 1.81. The predicted octanol–water partition coefficient (Wildman–Crippen LogP) is 4.12. The Bertz CT molecular complexity index is 960. The number of carbonyl (C=O) groups excluding carboxylic acids is 1. The van der Waals surface area contributed by atoms with Gasteiger partial charge in [-0.1, -0.05) is 18.2 Å². The fourth-order valence-electron chi connectivity index (χ4n) is 3.20. The van der Waals surface area contributed by atoms with Crippen LogP contribution in [0.2, 0.25) is 0 Å². The highest BCUT2D eigenvalue weighted by molar-refractivity contribution is 6.00. The molecule has 0 spiro atoms. The third-order valence-corrected chi connectivity index (χ3v) is 4.58. The largest absolute Gasteiger partial charge is 0.493 e. The van der Waals surface area contributed by atoms with Crippen LogP contribution < -0.4 is 10.1 Å². The monoisotopic (exact) mass is 352 g/mol. The number of rotatable bonds is 6. The van der Waals surface area contributed by atoms with Gasteiger partial charge in [0.25, 0.3) is 5.91 Å². The lowest BCUT2D eigenvalue weighted by Crippen LogP contribution is -2.27. The second kappa shape index (κ2) is 6.83. The van der Waals surface area contributed by atoms with E-state index in [1.165, 1.54) is 12.1 Å². The predicted molar refractivity (Wildman–Crippen MR) is 99.1 cm³/mol. The molecule has 26 heavy (non-hydrogen) atoms. The lowest BCUT2D eigenvalue weighted by atomic mass is 10.2. The van der Waals surface area contributed by atoms with Gasteiger partial charge in [0.2, 0.25) is 0 Å². The fraction of sp³-hybridized carbons (Fsp3) is 0.286. The number of halogens is 1. The van der Waals surface area contributed by atoms with E-state index in [1.807, 2.05) is 41.8 Å². The molecule has 4 rings (SSSR count). The van der Waals surface area contributed by atoms with Crippen molar-refractivity contribution >= 4 is 16.8 Å². The summed E-state index contributed by atoms with van der Waals surface area (Å²) in [5.74, 6) is 0.379. The van der Waals surface area contributed by atoms with E-state index >= 15 is 0 Å². The van der Waals surface area contributed by atoms with E-state index in [0.717, 1.165) is 35.1 Å². The summed E-state index contributed by atoms with van der Waals surface area (Å²) in [6.07, 6.45) is 2.06. The maximum absolute atomic E-state index is 13.6. The maximum atomic E-state index is 13.6. The van der Waals surface area contributed by atoms with Gasteiger partial charge >= 0.3 is 0 Å². The molecule has 5 heteroatoms. The molecule has 1 aliphatic rings. The van der Waals surface area contributed by atoms with Gasteiger partial charge in [-0.3, -0.25) is 4.79 Å². The van der Waals surface area contributed by atoms with E-state index < -0.39 is 0 Å². The molecule has 1 aliphatic carbocycles. The Morgan fingerprint density at radius 3 is 2.77 bits per heavy atom. The molecule has 1 aromatic heterocycles. The summed E-state index contributed by atoms with van der Waals surface area (Å²) >= 11 is 0. The second-order valence-electron chi connectivity index (χ2n) is 6.62. The number of hydrogen-bond donors (Lipinski definition) is 1. The minimum Gasteiger partial charge on any atom is -0.493 e. The Hall–Kier alpha value is -2.82. The van der Waals surface area contributed by atoms with Gasteiger partial charge in [-0.25, -0.2) is 4.39 Å². The third-order valence-electron chi connectivity index (χ3n) is 4.58. The molecule has 134 valence electrons. The molecule has 0 aliphatic heterocycles. The van der Waals surface area contributed by atoms with Gasteiger partial charge in [0.05, 0.1) is 12.1 Å². The summed E-state index contributed by atoms with van der Waals surface area (Å²) in [4.78, 5) is 12.8. The standard InChI is InChI=1S/C21H21FN2O2/c1-2-26-20-8-4-7-18-17(20)12-19(21(25)23-16-9-10-16)24(18)13-14-5-3-6-15(22)11-14/h3-8,11-12,16H,2,9-10,13H2,1H3,(H,23,25). The summed E-state index contributed by atoms with van der Waals surface area (Å²) < 4.78 is 21.3. The van der Waals surface area contributed by atoms with E-state index in [4.69, 9.17) is 4.74 Å². The van der Waals surface area contributed by atoms with Crippen LogP contribution in [0.25, 0.3) is 10.9 Å². The fourth-order valence-corrected chi connectivity index (χ4v) is 3.20. The molecule has 3 aromatic rings. The van der Waals surface area contributed by atoms with E-state index in [9.17, 15) is 9.18 Å². The van der Waals surface area contributed by atoms with E-state index in [2.05, 4.69) is 5.32 Å². The minimum absolute atomic E-state index is 0.0949. The van der Waals surface area contributed by atoms with E-state index in [0.29, 0.717) is 18.8 Å². The summed E-state index contributed by atoms with van der Waals surface area (Å²) in [6, 6.07) is 14.4. The zero-order chi connectivity index (χ0) is 18.1. The number of fused-ring (bicyclic) bond motifs is 1. The van der Waals surface area contributed by atoms with Crippen LogP contribution in [-0.4, -0.2) is 23.1 Å². The highest BCUT2D eigenvalue weighted by Crippen LogP contribution is 2.30. The average Bonchev–Trinajstić information content (AvgIpc) is 3.36. The Labute approximate surface area is 151 Å². The van der Waals surface area contributed by atoms with Gasteiger partial charge in [0, 0.05) is 18.0 Å². The van der Waals surface area contributed by atoms with Crippen molar-refractivity contribution in [3.05, 3.63) is 65.6 Å². The van der Waals surface area contributed by atoms with Crippen molar-refractivity contribution in [1.29, 1.82) is 0 Å². The molecule has 0 radical (unpaired) electrons. The van der Waals surface area contributed by atoms with E-state index in [1.54, 1.807) is 6.07 Å². The molecule has 1 heterocycles. The van der Waals surface area contributed by atoms with Crippen molar-refractivity contribution in [2.45, 2.75) is 32.4 Å². The molecule has 0 saturated heterocycles. The molecular formula is C21H21FN2O2. The molecule has 1 N–H and O–H groups in total. The van der Waals surface area contributed by atoms with Crippen molar-refractivity contribution < 1.29 is 13.9 Å². The van der Waals surface area contributed by atoms with Crippen LogP contribution in [0.3, 0.4) is 0 Å². The van der Waals surface area contributed by atoms with Crippen LogP contribution in [0, 0.1) is 5.82 Å². The quantitative estimate of drug-likeness (QED) is 0.725. The SMILES string of the molecule is CCOc1cccc2c1cc(C(=O)NC1CC1)n2Cc1cccc(F)c1. The van der Waals surface area contributed by atoms with Crippen molar-refractivity contribution in [3.8, 4) is 5.75 Å². The van der Waals surface area contributed by atoms with Crippen molar-refractivity contribution in [1.82, 2.24) is 9.88 Å². The maximum Gasteiger partial charge on any atom is 0.268 e. The number of carbonyl (C=O) groups is 1. The minimum atomic E-state index is -0.280. The number of nitrogens with zero attached hydrogens (tertiary/aromatic N) is 1. The first-order valence-electron chi connectivity index (χ1n) is 8.96. The van der Waals surface area contributed by atoms with Crippen molar-refractivity contribution in [2.24, 2.45) is 0 Å². The highest BCUT2D eigenvalue weighted by atomic mass is 19.1. The van der Waals surface area contributed by atoms with Crippen molar-refractivity contribution in [3.63, 3.8) is 0 Å². The smallest absolute Gasteiger partial charge is 0.268 e. The number of amides is 1. The highest BCUT2D eigenvalue weighted by Gasteiger charge is 2.26. The molecular weight excluding hydrogens is 331 g/mol. The van der Waals surface area contributed by atoms with Gasteiger partial charge < -0.3 is 14.6 Å². The Morgan fingerprint density at radius 2 is 2.04 bits per heavy atom. The summed E-state index contributed by atoms with van der Waals surface area (Å²) in [7, 11) is 0. The van der Waals surface area contributed by atoms with E-state index in [-0.39, 0.29) is 17.8 Å². The normalized spacial score (nSPS) is 13.8. The number of nitrogens with one attached hydrogen (secondary N) is 1. The number of hydrogen-bond acceptors (Lipinski definition) is 2. The zero-order valence-corrected chi connectivity index (χ0v) is 14.7. The van der Waals surface area contributed by atoms with Gasteiger partial charge in [-0.15, -0.1) is 0 Å². The summed E-state index contributed by atoms with van der Waals surface area (Å²) in [5.41, 5.74) is 2.29. The summed E-state index contributed by atoms with van der Waals surface area (Å²) in [5, 5.41) is 3.94. The Morgan fingerprint density at radius 1 is 1.23 bits per heavy atom. The molecule has 1 amide bonds. The van der Waals surface area contributed by atoms with Crippen molar-refractivity contribution in [2.75, 3.05) is 6.61 Å². The third kappa shape index (κ3) is 3.29. The summed E-state index contributed by atoms with van der Waals surface area (Å²) in [6.45, 7) is 2.91. The first-order chi connectivity index (χ1) is 12.7. The van der Waals surface area contributed by atoms with Crippen LogP contribution in [0.1, 0.15) is 35.8 Å². The molecule has 1 fully saturated rings. The van der Waals surface area contributed by atoms with Crippen LogP contribution in [0.15, 0.2) is 48.5 Å². The van der Waals surface area contributed by atoms with Gasteiger partial charge in [0.15, 0.2) is 0 Å². The van der Waals surface area contributed by atoms with Crippen LogP contribution >= 0.6 is 0 Å². The Kier molecular flexibility index (Phi) is 4.37. The van der Waals surface area contributed by atoms with Crippen LogP contribution in [-0.2, 0) is 6.54 Å². The van der Waals surface area contributed by atoms with Crippen LogP contribution in [0.4, 0.5) is 4.39 Å². The first-order valence-corrected chi connectivity index (χ1v) is 8.96. The molecule has 0 unspecified atom stereocenters. The molecule has 0 bridgehead atoms. The number of ether oxygens (including phenoxy) is 1. The lowest BCUT2D eigenvalue weighted by Gasteiger charge is -2.12. The number of benzene rings is 2. The first kappa shape index (κ1) is 16.6. The lowest BCUT2D eigenvalue weighted by molar-refractivity contribution is 0.0942. The van der Waals surface area contributed by atoms with Gasteiger partial charge in [-0.05, 0) is 55.7 Å². The van der Waals surface area contributed by atoms with Gasteiger partial charge in [0.1, 0.15) is 17.3 Å². The zero-order valence-electron chi connectivity index (χ0n) is 14.7. The second-order valence-corrected chi connectivity index (χ2v) is 6.62. The molecule has 1 saturated carbocycles. The molecule has 4 nitrogen and oxygen atoms in total.